The van der Waals surface area contributed by atoms with Crippen LogP contribution in [-0.4, -0.2) is 17.3 Å². The van der Waals surface area contributed by atoms with Crippen LogP contribution in [0.15, 0.2) is 24.3 Å². The second kappa shape index (κ2) is 4.05. The van der Waals surface area contributed by atoms with E-state index in [1.165, 1.54) is 11.1 Å². The van der Waals surface area contributed by atoms with E-state index in [2.05, 4.69) is 43.0 Å². The Labute approximate surface area is 91.4 Å². The van der Waals surface area contributed by atoms with Crippen molar-refractivity contribution < 1.29 is 0 Å². The normalized spacial score (nSPS) is 15.3. The van der Waals surface area contributed by atoms with Crippen LogP contribution < -0.4 is 0 Å². The summed E-state index contributed by atoms with van der Waals surface area (Å²) >= 11 is 0. The first-order valence-corrected chi connectivity index (χ1v) is 5.58. The topological polar surface area (TPSA) is 27.1 Å². The van der Waals surface area contributed by atoms with E-state index in [0.29, 0.717) is 5.92 Å². The van der Waals surface area contributed by atoms with Gasteiger partial charge in [0, 0.05) is 19.0 Å². The fourth-order valence-corrected chi connectivity index (χ4v) is 2.07. The molecule has 0 atom stereocenters. The van der Waals surface area contributed by atoms with E-state index in [1.54, 1.807) is 0 Å². The molecule has 0 unspecified atom stereocenters. The molecule has 15 heavy (non-hydrogen) atoms. The number of hydrogen-bond donors (Lipinski definition) is 1. The summed E-state index contributed by atoms with van der Waals surface area (Å²) in [5, 5.41) is 8.01. The molecule has 1 N–H and O–H groups in total. The molecule has 1 aromatic rings. The predicted molar refractivity (Wildman–Crippen MR) is 63.1 cm³/mol. The Kier molecular flexibility index (Phi) is 2.76. The first kappa shape index (κ1) is 10.2. The summed E-state index contributed by atoms with van der Waals surface area (Å²) in [6.07, 6.45) is 1.07. The van der Waals surface area contributed by atoms with Gasteiger partial charge in [0.1, 0.15) is 0 Å². The Morgan fingerprint density at radius 2 is 1.93 bits per heavy atom. The summed E-state index contributed by atoms with van der Waals surface area (Å²) in [7, 11) is 0. The monoisotopic (exact) mass is 202 g/mol. The molecule has 1 aromatic carbocycles. The summed E-state index contributed by atoms with van der Waals surface area (Å²) in [6, 6.07) is 8.56. The fourth-order valence-electron chi connectivity index (χ4n) is 2.07. The molecule has 0 fully saturated rings. The molecule has 0 aromatic heterocycles. The molecule has 1 aliphatic rings. The third kappa shape index (κ3) is 2.04. The second-order valence-electron chi connectivity index (χ2n) is 4.48. The molecule has 0 saturated heterocycles. The lowest BCUT2D eigenvalue weighted by molar-refractivity contribution is 0.373. The zero-order valence-electron chi connectivity index (χ0n) is 9.46. The minimum Gasteiger partial charge on any atom is -0.356 e. The molecule has 0 aliphatic carbocycles. The van der Waals surface area contributed by atoms with Gasteiger partial charge >= 0.3 is 0 Å². The quantitative estimate of drug-likeness (QED) is 0.550. The van der Waals surface area contributed by atoms with Crippen LogP contribution in [0.2, 0.25) is 0 Å². The Morgan fingerprint density at radius 3 is 2.60 bits per heavy atom. The van der Waals surface area contributed by atoms with E-state index < -0.39 is 0 Å². The van der Waals surface area contributed by atoms with Crippen LogP contribution in [0.5, 0.6) is 0 Å². The van der Waals surface area contributed by atoms with Gasteiger partial charge in [-0.15, -0.1) is 0 Å². The van der Waals surface area contributed by atoms with Crippen LogP contribution in [0.1, 0.15) is 25.0 Å². The summed E-state index contributed by atoms with van der Waals surface area (Å²) < 4.78 is 0. The van der Waals surface area contributed by atoms with Crippen molar-refractivity contribution in [3.05, 3.63) is 35.4 Å². The summed E-state index contributed by atoms with van der Waals surface area (Å²) in [4.78, 5) is 2.19. The maximum absolute atomic E-state index is 8.01. The highest BCUT2D eigenvalue weighted by Gasteiger charge is 2.19. The summed E-state index contributed by atoms with van der Waals surface area (Å²) in [5.41, 5.74) is 2.83. The average molecular weight is 202 g/mol. The molecule has 1 aliphatic heterocycles. The Bertz CT molecular complexity index is 369. The van der Waals surface area contributed by atoms with Crippen molar-refractivity contribution in [3.63, 3.8) is 0 Å². The average Bonchev–Trinajstić information content (AvgIpc) is 2.27. The van der Waals surface area contributed by atoms with Crippen molar-refractivity contribution in [2.24, 2.45) is 5.92 Å². The van der Waals surface area contributed by atoms with Gasteiger partial charge in [-0.25, -0.2) is 0 Å². The first-order valence-electron chi connectivity index (χ1n) is 5.58. The van der Waals surface area contributed by atoms with Gasteiger partial charge in [-0.05, 0) is 17.5 Å². The van der Waals surface area contributed by atoms with Crippen molar-refractivity contribution >= 4 is 5.84 Å². The molecule has 2 nitrogen and oxygen atoms in total. The van der Waals surface area contributed by atoms with Crippen LogP contribution in [0, 0.1) is 11.3 Å². The highest BCUT2D eigenvalue weighted by molar-refractivity contribution is 5.81. The lowest BCUT2D eigenvalue weighted by atomic mass is 9.99. The third-order valence-corrected chi connectivity index (χ3v) is 3.02. The molecule has 0 saturated carbocycles. The smallest absolute Gasteiger partial charge is 0.0987 e. The molecule has 2 heteroatoms. The third-order valence-electron chi connectivity index (χ3n) is 3.02. The van der Waals surface area contributed by atoms with Gasteiger partial charge < -0.3 is 4.90 Å². The summed E-state index contributed by atoms with van der Waals surface area (Å²) in [6.45, 7) is 6.08. The van der Waals surface area contributed by atoms with Crippen LogP contribution >= 0.6 is 0 Å². The lowest BCUT2D eigenvalue weighted by Crippen LogP contribution is -2.37. The molecule has 0 amide bonds. The number of rotatable bonds is 1. The van der Waals surface area contributed by atoms with E-state index in [-0.39, 0.29) is 0 Å². The van der Waals surface area contributed by atoms with Crippen molar-refractivity contribution in [2.75, 3.05) is 6.54 Å². The zero-order valence-corrected chi connectivity index (χ0v) is 9.46. The largest absolute Gasteiger partial charge is 0.356 e. The number of hydrogen-bond acceptors (Lipinski definition) is 1. The van der Waals surface area contributed by atoms with Gasteiger partial charge in [-0.2, -0.15) is 0 Å². The fraction of sp³-hybridized carbons (Fsp3) is 0.462. The van der Waals surface area contributed by atoms with E-state index in [9.17, 15) is 0 Å². The number of amidine groups is 1. The van der Waals surface area contributed by atoms with Crippen molar-refractivity contribution in [2.45, 2.75) is 26.8 Å². The SMILES string of the molecule is CC(C)C(=N)N1CCc2ccccc2C1. The Hall–Kier alpha value is -1.31. The second-order valence-corrected chi connectivity index (χ2v) is 4.48. The number of benzene rings is 1. The van der Waals surface area contributed by atoms with Crippen molar-refractivity contribution in [1.29, 1.82) is 5.41 Å². The maximum atomic E-state index is 8.01. The van der Waals surface area contributed by atoms with Gasteiger partial charge in [0.2, 0.25) is 0 Å². The number of nitrogens with zero attached hydrogens (tertiary/aromatic N) is 1. The van der Waals surface area contributed by atoms with E-state index >= 15 is 0 Å². The highest BCUT2D eigenvalue weighted by atomic mass is 15.2. The first-order chi connectivity index (χ1) is 7.18. The molecular formula is C13H18N2. The highest BCUT2D eigenvalue weighted by Crippen LogP contribution is 2.19. The van der Waals surface area contributed by atoms with Crippen molar-refractivity contribution in [1.82, 2.24) is 4.90 Å². The van der Waals surface area contributed by atoms with E-state index in [4.69, 9.17) is 5.41 Å². The minimum absolute atomic E-state index is 0.329. The number of nitrogens with one attached hydrogen (secondary N) is 1. The molecule has 2 rings (SSSR count). The predicted octanol–water partition coefficient (Wildman–Crippen LogP) is 2.68. The molecular weight excluding hydrogens is 184 g/mol. The molecule has 80 valence electrons. The van der Waals surface area contributed by atoms with Crippen molar-refractivity contribution in [3.8, 4) is 0 Å². The molecule has 0 radical (unpaired) electrons. The zero-order chi connectivity index (χ0) is 10.8. The van der Waals surface area contributed by atoms with Gasteiger partial charge in [0.05, 0.1) is 5.84 Å². The Morgan fingerprint density at radius 1 is 1.27 bits per heavy atom. The van der Waals surface area contributed by atoms with E-state index in [0.717, 1.165) is 25.3 Å². The minimum atomic E-state index is 0.329. The van der Waals surface area contributed by atoms with Crippen LogP contribution in [0.4, 0.5) is 0 Å². The number of fused-ring (bicyclic) bond motifs is 1. The molecule has 0 spiro atoms. The maximum Gasteiger partial charge on any atom is 0.0987 e. The Balaban J connectivity index is 2.15. The van der Waals surface area contributed by atoms with Crippen LogP contribution in [-0.2, 0) is 13.0 Å². The molecule has 1 heterocycles. The van der Waals surface area contributed by atoms with Gasteiger partial charge in [-0.3, -0.25) is 5.41 Å². The molecule has 0 bridgehead atoms. The van der Waals surface area contributed by atoms with Gasteiger partial charge in [0.15, 0.2) is 0 Å². The lowest BCUT2D eigenvalue weighted by Gasteiger charge is -2.32. The van der Waals surface area contributed by atoms with Crippen LogP contribution in [0.3, 0.4) is 0 Å². The van der Waals surface area contributed by atoms with Gasteiger partial charge in [-0.1, -0.05) is 38.1 Å². The summed E-state index contributed by atoms with van der Waals surface area (Å²) in [5.74, 6) is 1.10. The van der Waals surface area contributed by atoms with Gasteiger partial charge in [0.25, 0.3) is 0 Å². The standard InChI is InChI=1S/C13H18N2/c1-10(2)13(14)15-8-7-11-5-3-4-6-12(11)9-15/h3-6,10,14H,7-9H2,1-2H3. The van der Waals surface area contributed by atoms with Crippen LogP contribution in [0.25, 0.3) is 0 Å². The van der Waals surface area contributed by atoms with E-state index in [1.807, 2.05) is 0 Å².